The van der Waals surface area contributed by atoms with Crippen LogP contribution in [0.4, 0.5) is 0 Å². The lowest BCUT2D eigenvalue weighted by atomic mass is 10.1. The largest absolute Gasteiger partial charge is 0.775 e. The van der Waals surface area contributed by atoms with Crippen molar-refractivity contribution in [3.05, 3.63) is 30.5 Å². The van der Waals surface area contributed by atoms with Crippen LogP contribution in [-0.2, 0) is 14.6 Å². The molecule has 0 bridgehead atoms. The maximum Gasteiger partial charge on any atom is 0.209 e. The molecule has 2 aromatic rings. The van der Waals surface area contributed by atoms with Crippen LogP contribution in [0.15, 0.2) is 30.5 Å². The van der Waals surface area contributed by atoms with Crippen molar-refractivity contribution >= 4 is 23.8 Å². The van der Waals surface area contributed by atoms with Gasteiger partial charge in [0, 0.05) is 38.4 Å². The number of aromatic nitrogens is 2. The van der Waals surface area contributed by atoms with Gasteiger partial charge in [-0.15, -0.1) is 0 Å². The molecule has 1 heterocycles. The number of hydrogen-bond acceptors (Lipinski definition) is 4. The number of rotatable bonds is 2. The lowest BCUT2D eigenvalue weighted by molar-refractivity contribution is -0.803. The lowest BCUT2D eigenvalue weighted by Gasteiger charge is -2.22. The monoisotopic (exact) mass is 280 g/mol. The molecule has 0 saturated heterocycles. The Kier molecular flexibility index (Phi) is 3.47. The molecular weight excluding hydrogens is 263 g/mol. The van der Waals surface area contributed by atoms with E-state index in [4.69, 9.17) is 0 Å². The fraction of sp³-hybridized carbons (Fsp3) is 0.385. The normalized spacial score (nSPS) is 15.4. The SMILES string of the molecule is COP(=O)([O-])c1c[n+](C(C)(C)C)nc2ccccc12. The highest BCUT2D eigenvalue weighted by molar-refractivity contribution is 7.60. The average molecular weight is 280 g/mol. The zero-order valence-corrected chi connectivity index (χ0v) is 12.3. The zero-order valence-electron chi connectivity index (χ0n) is 11.5. The Hall–Kier alpha value is -1.29. The van der Waals surface area contributed by atoms with Crippen molar-refractivity contribution in [1.82, 2.24) is 5.10 Å². The van der Waals surface area contributed by atoms with Crippen LogP contribution in [0, 0.1) is 0 Å². The second kappa shape index (κ2) is 4.67. The zero-order chi connectivity index (χ0) is 14.3. The maximum atomic E-state index is 12.1. The van der Waals surface area contributed by atoms with Crippen molar-refractivity contribution in [2.24, 2.45) is 0 Å². The minimum Gasteiger partial charge on any atom is -0.775 e. The standard InChI is InChI=1S/C13H17N2O3P/c1-13(2,3)15-9-12(19(16,17)18-4)10-7-5-6-8-11(10)14-15/h5-9H,1-4H3. The molecule has 0 amide bonds. The smallest absolute Gasteiger partial charge is 0.209 e. The van der Waals surface area contributed by atoms with E-state index in [1.165, 1.54) is 13.3 Å². The lowest BCUT2D eigenvalue weighted by Crippen LogP contribution is -2.54. The first-order chi connectivity index (χ1) is 8.75. The predicted octanol–water partition coefficient (Wildman–Crippen LogP) is 1.10. The van der Waals surface area contributed by atoms with E-state index in [0.29, 0.717) is 10.9 Å². The van der Waals surface area contributed by atoms with Gasteiger partial charge in [-0.3, -0.25) is 0 Å². The Labute approximate surface area is 112 Å². The molecule has 0 N–H and O–H groups in total. The van der Waals surface area contributed by atoms with Crippen LogP contribution in [0.5, 0.6) is 0 Å². The fourth-order valence-electron chi connectivity index (χ4n) is 1.77. The Morgan fingerprint density at radius 1 is 1.32 bits per heavy atom. The molecule has 19 heavy (non-hydrogen) atoms. The van der Waals surface area contributed by atoms with Crippen molar-refractivity contribution in [2.45, 2.75) is 26.3 Å². The molecule has 1 atom stereocenters. The number of hydrogen-bond donors (Lipinski definition) is 0. The second-order valence-electron chi connectivity index (χ2n) is 5.33. The van der Waals surface area contributed by atoms with Crippen LogP contribution in [0.3, 0.4) is 0 Å². The fourth-order valence-corrected chi connectivity index (χ4v) is 2.70. The Morgan fingerprint density at radius 3 is 2.53 bits per heavy atom. The molecule has 6 heteroatoms. The van der Waals surface area contributed by atoms with Crippen molar-refractivity contribution in [3.8, 4) is 0 Å². The summed E-state index contributed by atoms with van der Waals surface area (Å²) in [5, 5.41) is 5.19. The maximum absolute atomic E-state index is 12.1. The molecule has 1 aromatic carbocycles. The highest BCUT2D eigenvalue weighted by atomic mass is 31.2. The van der Waals surface area contributed by atoms with Gasteiger partial charge in [0.1, 0.15) is 5.52 Å². The molecule has 0 fully saturated rings. The summed E-state index contributed by atoms with van der Waals surface area (Å²) < 4.78 is 18.4. The summed E-state index contributed by atoms with van der Waals surface area (Å²) in [6.07, 6.45) is 1.53. The van der Waals surface area contributed by atoms with Crippen LogP contribution in [0.2, 0.25) is 0 Å². The van der Waals surface area contributed by atoms with E-state index < -0.39 is 7.60 Å². The third kappa shape index (κ3) is 2.68. The van der Waals surface area contributed by atoms with Crippen molar-refractivity contribution < 1.29 is 18.7 Å². The van der Waals surface area contributed by atoms with Gasteiger partial charge in [0.2, 0.25) is 6.20 Å². The van der Waals surface area contributed by atoms with Gasteiger partial charge >= 0.3 is 0 Å². The van der Waals surface area contributed by atoms with Gasteiger partial charge < -0.3 is 14.0 Å². The summed E-state index contributed by atoms with van der Waals surface area (Å²) in [5.41, 5.74) is 0.315. The first-order valence-electron chi connectivity index (χ1n) is 5.95. The van der Waals surface area contributed by atoms with Crippen molar-refractivity contribution in [1.29, 1.82) is 0 Å². The van der Waals surface area contributed by atoms with Crippen LogP contribution < -0.4 is 14.9 Å². The molecule has 1 unspecified atom stereocenters. The molecular formula is C13H17N2O3P. The van der Waals surface area contributed by atoms with E-state index in [2.05, 4.69) is 9.62 Å². The predicted molar refractivity (Wildman–Crippen MR) is 71.2 cm³/mol. The van der Waals surface area contributed by atoms with E-state index in [-0.39, 0.29) is 10.8 Å². The van der Waals surface area contributed by atoms with Gasteiger partial charge in [-0.2, -0.15) is 0 Å². The summed E-state index contributed by atoms with van der Waals surface area (Å²) in [5.74, 6) is 0. The van der Waals surface area contributed by atoms with Crippen molar-refractivity contribution in [2.75, 3.05) is 7.11 Å². The summed E-state index contributed by atoms with van der Waals surface area (Å²) in [4.78, 5) is 12.1. The minimum atomic E-state index is -4.08. The van der Waals surface area contributed by atoms with Gasteiger partial charge in [-0.1, -0.05) is 22.9 Å². The Morgan fingerprint density at radius 2 is 1.95 bits per heavy atom. The topological polar surface area (TPSA) is 66.1 Å². The molecule has 0 spiro atoms. The van der Waals surface area contributed by atoms with E-state index >= 15 is 0 Å². The molecule has 0 radical (unpaired) electrons. The van der Waals surface area contributed by atoms with Gasteiger partial charge in [-0.05, 0) is 6.07 Å². The molecule has 5 nitrogen and oxygen atoms in total. The van der Waals surface area contributed by atoms with Gasteiger partial charge in [0.05, 0.1) is 5.30 Å². The van der Waals surface area contributed by atoms with Gasteiger partial charge in [0.25, 0.3) is 0 Å². The Balaban J connectivity index is 2.84. The summed E-state index contributed by atoms with van der Waals surface area (Å²) in [6.45, 7) is 5.88. The molecule has 2 rings (SSSR count). The molecule has 102 valence electrons. The second-order valence-corrected chi connectivity index (χ2v) is 7.17. The summed E-state index contributed by atoms with van der Waals surface area (Å²) in [6, 6.07) is 7.13. The molecule has 0 aliphatic carbocycles. The van der Waals surface area contributed by atoms with Crippen LogP contribution in [-0.4, -0.2) is 12.2 Å². The van der Waals surface area contributed by atoms with Crippen LogP contribution in [0.25, 0.3) is 10.9 Å². The van der Waals surface area contributed by atoms with E-state index in [0.717, 1.165) is 0 Å². The van der Waals surface area contributed by atoms with Gasteiger partial charge in [-0.25, -0.2) is 0 Å². The molecule has 0 aliphatic rings. The third-order valence-electron chi connectivity index (χ3n) is 2.86. The summed E-state index contributed by atoms with van der Waals surface area (Å²) >= 11 is 0. The number of nitrogens with zero attached hydrogens (tertiary/aromatic N) is 2. The first-order valence-corrected chi connectivity index (χ1v) is 7.49. The van der Waals surface area contributed by atoms with Crippen LogP contribution in [0.1, 0.15) is 20.8 Å². The minimum absolute atomic E-state index is 0.163. The molecule has 0 aliphatic heterocycles. The van der Waals surface area contributed by atoms with E-state index in [1.807, 2.05) is 26.8 Å². The average Bonchev–Trinajstić information content (AvgIpc) is 2.36. The quantitative estimate of drug-likeness (QED) is 0.610. The van der Waals surface area contributed by atoms with Crippen molar-refractivity contribution in [3.63, 3.8) is 0 Å². The van der Waals surface area contributed by atoms with Gasteiger partial charge in [0.15, 0.2) is 13.1 Å². The first kappa shape index (κ1) is 14.1. The highest BCUT2D eigenvalue weighted by Crippen LogP contribution is 2.36. The summed E-state index contributed by atoms with van der Waals surface area (Å²) in [7, 11) is -2.91. The highest BCUT2D eigenvalue weighted by Gasteiger charge is 2.28. The number of fused-ring (bicyclic) bond motifs is 1. The molecule has 0 saturated carbocycles. The Bertz CT molecular complexity index is 664. The van der Waals surface area contributed by atoms with E-state index in [1.54, 1.807) is 22.9 Å². The third-order valence-corrected chi connectivity index (χ3v) is 4.29. The van der Waals surface area contributed by atoms with E-state index in [9.17, 15) is 9.46 Å². The van der Waals surface area contributed by atoms with Crippen LogP contribution >= 0.6 is 7.60 Å². The molecule has 1 aromatic heterocycles. The number of benzene rings is 1.